The predicted molar refractivity (Wildman–Crippen MR) is 105 cm³/mol. The molecule has 1 heteroatoms. The SMILES string of the molecule is C1=CCN=C1.CC1CCCc2c1ccc1c2ccc2ccccc21. The Labute approximate surface area is 143 Å². The maximum Gasteiger partial charge on any atom is 0.0573 e. The van der Waals surface area contributed by atoms with Crippen LogP contribution in [-0.4, -0.2) is 12.8 Å². The van der Waals surface area contributed by atoms with E-state index >= 15 is 0 Å². The highest BCUT2D eigenvalue weighted by atomic mass is 14.7. The van der Waals surface area contributed by atoms with Gasteiger partial charge in [-0.1, -0.05) is 61.5 Å². The van der Waals surface area contributed by atoms with Crippen molar-refractivity contribution < 1.29 is 0 Å². The lowest BCUT2D eigenvalue weighted by atomic mass is 9.81. The summed E-state index contributed by atoms with van der Waals surface area (Å²) in [5.74, 6) is 0.722. The molecule has 1 aliphatic carbocycles. The third-order valence-electron chi connectivity index (χ3n) is 5.21. The van der Waals surface area contributed by atoms with Gasteiger partial charge in [0.15, 0.2) is 0 Å². The summed E-state index contributed by atoms with van der Waals surface area (Å²) in [6.07, 6.45) is 9.68. The van der Waals surface area contributed by atoms with E-state index in [1.165, 1.54) is 40.8 Å². The number of allylic oxidation sites excluding steroid dienone is 1. The Morgan fingerprint density at radius 1 is 0.917 bits per heavy atom. The third-order valence-corrected chi connectivity index (χ3v) is 5.21. The predicted octanol–water partition coefficient (Wildman–Crippen LogP) is 6.06. The van der Waals surface area contributed by atoms with Crippen molar-refractivity contribution in [1.82, 2.24) is 0 Å². The van der Waals surface area contributed by atoms with Gasteiger partial charge in [0.25, 0.3) is 0 Å². The Hall–Kier alpha value is -2.41. The minimum Gasteiger partial charge on any atom is -0.289 e. The van der Waals surface area contributed by atoms with E-state index in [2.05, 4.69) is 60.4 Å². The van der Waals surface area contributed by atoms with Crippen molar-refractivity contribution in [3.05, 3.63) is 71.8 Å². The number of aryl methyl sites for hydroxylation is 1. The molecule has 0 saturated carbocycles. The number of fused-ring (bicyclic) bond motifs is 5. The lowest BCUT2D eigenvalue weighted by molar-refractivity contribution is 0.593. The molecular weight excluding hydrogens is 290 g/mol. The van der Waals surface area contributed by atoms with Gasteiger partial charge in [-0.3, -0.25) is 4.99 Å². The van der Waals surface area contributed by atoms with Crippen LogP contribution < -0.4 is 0 Å². The van der Waals surface area contributed by atoms with Crippen LogP contribution in [0.2, 0.25) is 0 Å². The van der Waals surface area contributed by atoms with Crippen LogP contribution in [0.3, 0.4) is 0 Å². The van der Waals surface area contributed by atoms with Crippen LogP contribution in [0.15, 0.2) is 65.7 Å². The van der Waals surface area contributed by atoms with E-state index in [-0.39, 0.29) is 0 Å². The van der Waals surface area contributed by atoms with E-state index in [1.54, 1.807) is 17.3 Å². The van der Waals surface area contributed by atoms with E-state index in [4.69, 9.17) is 0 Å². The molecule has 0 N–H and O–H groups in total. The van der Waals surface area contributed by atoms with Crippen molar-refractivity contribution in [3.8, 4) is 0 Å². The molecule has 2 aliphatic rings. The molecule has 0 fully saturated rings. The molecule has 3 aromatic rings. The van der Waals surface area contributed by atoms with Crippen LogP contribution in [0.5, 0.6) is 0 Å². The minimum atomic E-state index is 0.722. The highest BCUT2D eigenvalue weighted by Crippen LogP contribution is 2.37. The Kier molecular flexibility index (Phi) is 4.17. The molecule has 5 rings (SSSR count). The molecule has 0 bridgehead atoms. The summed E-state index contributed by atoms with van der Waals surface area (Å²) in [4.78, 5) is 3.85. The molecule has 0 spiro atoms. The molecule has 0 radical (unpaired) electrons. The Morgan fingerprint density at radius 3 is 2.58 bits per heavy atom. The summed E-state index contributed by atoms with van der Waals surface area (Å²) in [5, 5.41) is 5.63. The Balaban J connectivity index is 0.000000252. The summed E-state index contributed by atoms with van der Waals surface area (Å²) in [6.45, 7) is 3.25. The van der Waals surface area contributed by atoms with E-state index in [0.29, 0.717) is 0 Å². The third kappa shape index (κ3) is 2.75. The molecule has 1 atom stereocenters. The fraction of sp³-hybridized carbons (Fsp3) is 0.261. The van der Waals surface area contributed by atoms with Gasteiger partial charge in [0, 0.05) is 6.21 Å². The number of rotatable bonds is 0. The van der Waals surface area contributed by atoms with Gasteiger partial charge in [-0.25, -0.2) is 0 Å². The van der Waals surface area contributed by atoms with Gasteiger partial charge in [-0.05, 0) is 63.9 Å². The van der Waals surface area contributed by atoms with Gasteiger partial charge in [-0.2, -0.15) is 0 Å². The molecule has 24 heavy (non-hydrogen) atoms. The van der Waals surface area contributed by atoms with Crippen LogP contribution in [0.25, 0.3) is 21.5 Å². The standard InChI is InChI=1S/C19H18.C4H5N/c1-13-5-4-8-17-15(13)11-12-18-16-7-3-2-6-14(16)9-10-19(17)18;1-2-4-5-3-1/h2-3,6-7,9-13H,4-5,8H2,1H3;1-3H,4H2. The quantitative estimate of drug-likeness (QED) is 0.447. The first-order chi connectivity index (χ1) is 11.8. The molecule has 1 aliphatic heterocycles. The lowest BCUT2D eigenvalue weighted by Crippen LogP contribution is -2.07. The highest BCUT2D eigenvalue weighted by molar-refractivity contribution is 6.08. The molecular formula is C23H23N. The maximum absolute atomic E-state index is 3.85. The monoisotopic (exact) mass is 313 g/mol. The molecule has 3 aromatic carbocycles. The molecule has 120 valence electrons. The number of hydrogen-bond acceptors (Lipinski definition) is 1. The molecule has 1 heterocycles. The smallest absolute Gasteiger partial charge is 0.0573 e. The van der Waals surface area contributed by atoms with Gasteiger partial charge in [0.05, 0.1) is 6.54 Å². The van der Waals surface area contributed by atoms with E-state index in [0.717, 1.165) is 12.5 Å². The normalized spacial score (nSPS) is 18.5. The van der Waals surface area contributed by atoms with Crippen molar-refractivity contribution in [2.24, 2.45) is 4.99 Å². The van der Waals surface area contributed by atoms with E-state index in [9.17, 15) is 0 Å². The van der Waals surface area contributed by atoms with Crippen LogP contribution in [0.1, 0.15) is 36.8 Å². The Bertz CT molecular complexity index is 923. The average molecular weight is 313 g/mol. The largest absolute Gasteiger partial charge is 0.289 e. The van der Waals surface area contributed by atoms with Gasteiger partial charge < -0.3 is 0 Å². The first-order valence-electron chi connectivity index (χ1n) is 8.93. The maximum atomic E-state index is 3.85. The zero-order valence-electron chi connectivity index (χ0n) is 14.2. The second-order valence-corrected chi connectivity index (χ2v) is 6.75. The van der Waals surface area contributed by atoms with Gasteiger partial charge in [-0.15, -0.1) is 0 Å². The lowest BCUT2D eigenvalue weighted by Gasteiger charge is -2.24. The number of hydrogen-bond donors (Lipinski definition) is 0. The number of benzene rings is 3. The molecule has 1 unspecified atom stereocenters. The van der Waals surface area contributed by atoms with Crippen molar-refractivity contribution in [3.63, 3.8) is 0 Å². The molecule has 0 amide bonds. The zero-order valence-corrected chi connectivity index (χ0v) is 14.2. The first-order valence-corrected chi connectivity index (χ1v) is 8.93. The Morgan fingerprint density at radius 2 is 1.79 bits per heavy atom. The topological polar surface area (TPSA) is 12.4 Å². The zero-order chi connectivity index (χ0) is 16.4. The van der Waals surface area contributed by atoms with E-state index in [1.807, 2.05) is 12.2 Å². The molecule has 0 saturated heterocycles. The molecule has 1 nitrogen and oxygen atoms in total. The fourth-order valence-electron chi connectivity index (χ4n) is 3.95. The van der Waals surface area contributed by atoms with Gasteiger partial charge >= 0.3 is 0 Å². The van der Waals surface area contributed by atoms with Crippen molar-refractivity contribution in [2.75, 3.05) is 6.54 Å². The van der Waals surface area contributed by atoms with Crippen LogP contribution in [0, 0.1) is 0 Å². The summed E-state index contributed by atoms with van der Waals surface area (Å²) >= 11 is 0. The van der Waals surface area contributed by atoms with Gasteiger partial charge in [0.2, 0.25) is 0 Å². The first kappa shape index (κ1) is 15.1. The van der Waals surface area contributed by atoms with Crippen molar-refractivity contribution >= 4 is 27.8 Å². The number of aliphatic imine (C=N–C) groups is 1. The fourth-order valence-corrected chi connectivity index (χ4v) is 3.95. The summed E-state index contributed by atoms with van der Waals surface area (Å²) in [6, 6.07) is 18.0. The highest BCUT2D eigenvalue weighted by Gasteiger charge is 2.18. The summed E-state index contributed by atoms with van der Waals surface area (Å²) in [5.41, 5.74) is 3.18. The molecule has 0 aromatic heterocycles. The van der Waals surface area contributed by atoms with Crippen molar-refractivity contribution in [1.29, 1.82) is 0 Å². The number of nitrogens with zero attached hydrogens (tertiary/aromatic N) is 1. The van der Waals surface area contributed by atoms with E-state index < -0.39 is 0 Å². The average Bonchev–Trinajstić information content (AvgIpc) is 3.21. The second-order valence-electron chi connectivity index (χ2n) is 6.75. The summed E-state index contributed by atoms with van der Waals surface area (Å²) < 4.78 is 0. The van der Waals surface area contributed by atoms with Crippen LogP contribution in [0.4, 0.5) is 0 Å². The van der Waals surface area contributed by atoms with Crippen molar-refractivity contribution in [2.45, 2.75) is 32.1 Å². The van der Waals surface area contributed by atoms with Gasteiger partial charge in [0.1, 0.15) is 0 Å². The van der Waals surface area contributed by atoms with Crippen LogP contribution in [-0.2, 0) is 6.42 Å². The summed E-state index contributed by atoms with van der Waals surface area (Å²) in [7, 11) is 0. The second kappa shape index (κ2) is 6.60. The minimum absolute atomic E-state index is 0.722. The van der Waals surface area contributed by atoms with Crippen LogP contribution >= 0.6 is 0 Å².